The molecular formula is C11H18N4S. The Kier molecular flexibility index (Phi) is 3.80. The minimum Gasteiger partial charge on any atom is -0.388 e. The van der Waals surface area contributed by atoms with Gasteiger partial charge in [0.1, 0.15) is 16.5 Å². The normalized spacial score (nSPS) is 11.2. The molecule has 1 aromatic rings. The van der Waals surface area contributed by atoms with Gasteiger partial charge in [0.25, 0.3) is 0 Å². The average Bonchev–Trinajstić information content (AvgIpc) is 2.15. The van der Waals surface area contributed by atoms with Crippen LogP contribution in [0.4, 0.5) is 5.82 Å². The van der Waals surface area contributed by atoms with E-state index in [1.54, 1.807) is 12.4 Å². The van der Waals surface area contributed by atoms with Crippen LogP contribution in [0.15, 0.2) is 12.4 Å². The molecule has 0 unspecified atom stereocenters. The Hall–Kier alpha value is -1.23. The van der Waals surface area contributed by atoms with Crippen molar-refractivity contribution in [3.63, 3.8) is 0 Å². The van der Waals surface area contributed by atoms with Gasteiger partial charge in [-0.1, -0.05) is 33.0 Å². The van der Waals surface area contributed by atoms with E-state index in [4.69, 9.17) is 18.0 Å². The molecule has 0 aliphatic rings. The van der Waals surface area contributed by atoms with Gasteiger partial charge in [0, 0.05) is 13.6 Å². The van der Waals surface area contributed by atoms with Gasteiger partial charge >= 0.3 is 0 Å². The zero-order valence-electron chi connectivity index (χ0n) is 10.2. The zero-order chi connectivity index (χ0) is 12.3. The molecule has 0 atom stereocenters. The summed E-state index contributed by atoms with van der Waals surface area (Å²) in [5, 5.41) is 0. The Morgan fingerprint density at radius 2 is 2.00 bits per heavy atom. The lowest BCUT2D eigenvalue weighted by Crippen LogP contribution is -2.30. The second-order valence-corrected chi connectivity index (χ2v) is 5.48. The molecule has 1 aromatic heterocycles. The summed E-state index contributed by atoms with van der Waals surface area (Å²) in [6.07, 6.45) is 3.30. The van der Waals surface area contributed by atoms with E-state index < -0.39 is 0 Å². The third-order valence-corrected chi connectivity index (χ3v) is 2.20. The predicted octanol–water partition coefficient (Wildman–Crippen LogP) is 1.59. The van der Waals surface area contributed by atoms with Crippen molar-refractivity contribution in [1.82, 2.24) is 9.97 Å². The van der Waals surface area contributed by atoms with Crippen molar-refractivity contribution in [2.45, 2.75) is 20.8 Å². The molecule has 88 valence electrons. The van der Waals surface area contributed by atoms with E-state index in [9.17, 15) is 0 Å². The summed E-state index contributed by atoms with van der Waals surface area (Å²) in [5.74, 6) is 0.829. The first kappa shape index (κ1) is 12.8. The van der Waals surface area contributed by atoms with Crippen molar-refractivity contribution in [2.24, 2.45) is 11.1 Å². The number of thiocarbonyl (C=S) groups is 1. The summed E-state index contributed by atoms with van der Waals surface area (Å²) in [4.78, 5) is 10.8. The highest BCUT2D eigenvalue weighted by atomic mass is 32.1. The van der Waals surface area contributed by atoms with Crippen molar-refractivity contribution < 1.29 is 0 Å². The highest BCUT2D eigenvalue weighted by molar-refractivity contribution is 7.80. The number of nitrogens with zero attached hydrogens (tertiary/aromatic N) is 3. The first-order valence-corrected chi connectivity index (χ1v) is 5.53. The molecule has 0 saturated carbocycles. The number of hydrogen-bond acceptors (Lipinski definition) is 4. The molecule has 0 fully saturated rings. The highest BCUT2D eigenvalue weighted by Crippen LogP contribution is 2.17. The van der Waals surface area contributed by atoms with Crippen LogP contribution in [0.3, 0.4) is 0 Å². The SMILES string of the molecule is CN(CC(C)(C)C)c1cnc(C(N)=S)cn1. The lowest BCUT2D eigenvalue weighted by Gasteiger charge is -2.27. The molecule has 0 spiro atoms. The highest BCUT2D eigenvalue weighted by Gasteiger charge is 2.14. The number of hydrogen-bond donors (Lipinski definition) is 1. The molecule has 1 heterocycles. The average molecular weight is 238 g/mol. The topological polar surface area (TPSA) is 55.0 Å². The lowest BCUT2D eigenvalue weighted by atomic mass is 9.96. The monoisotopic (exact) mass is 238 g/mol. The van der Waals surface area contributed by atoms with Gasteiger partial charge in [0.15, 0.2) is 0 Å². The van der Waals surface area contributed by atoms with Crippen molar-refractivity contribution in [3.05, 3.63) is 18.1 Å². The molecule has 4 nitrogen and oxygen atoms in total. The summed E-state index contributed by atoms with van der Waals surface area (Å²) in [5.41, 5.74) is 6.24. The third-order valence-electron chi connectivity index (χ3n) is 1.99. The quantitative estimate of drug-likeness (QED) is 0.811. The van der Waals surface area contributed by atoms with Crippen LogP contribution in [0.2, 0.25) is 0 Å². The van der Waals surface area contributed by atoms with Crippen LogP contribution in [0, 0.1) is 5.41 Å². The van der Waals surface area contributed by atoms with E-state index >= 15 is 0 Å². The Labute approximate surface area is 102 Å². The number of anilines is 1. The van der Waals surface area contributed by atoms with E-state index in [0.29, 0.717) is 5.69 Å². The molecular weight excluding hydrogens is 220 g/mol. The molecule has 0 saturated heterocycles. The Balaban J connectivity index is 2.78. The van der Waals surface area contributed by atoms with Gasteiger partial charge in [-0.15, -0.1) is 0 Å². The smallest absolute Gasteiger partial charge is 0.146 e. The van der Waals surface area contributed by atoms with Crippen molar-refractivity contribution in [3.8, 4) is 0 Å². The molecule has 5 heteroatoms. The molecule has 2 N–H and O–H groups in total. The van der Waals surface area contributed by atoms with E-state index in [-0.39, 0.29) is 10.4 Å². The molecule has 0 amide bonds. The maximum Gasteiger partial charge on any atom is 0.146 e. The molecule has 0 bridgehead atoms. The summed E-state index contributed by atoms with van der Waals surface area (Å²) in [6, 6.07) is 0. The fourth-order valence-corrected chi connectivity index (χ4v) is 1.54. The van der Waals surface area contributed by atoms with Crippen LogP contribution >= 0.6 is 12.2 Å². The maximum absolute atomic E-state index is 5.46. The van der Waals surface area contributed by atoms with E-state index in [0.717, 1.165) is 12.4 Å². The van der Waals surface area contributed by atoms with Crippen LogP contribution in [-0.2, 0) is 0 Å². The fraction of sp³-hybridized carbons (Fsp3) is 0.545. The van der Waals surface area contributed by atoms with E-state index in [2.05, 4.69) is 35.6 Å². The van der Waals surface area contributed by atoms with Gasteiger partial charge in [-0.3, -0.25) is 0 Å². The maximum atomic E-state index is 5.46. The van der Waals surface area contributed by atoms with E-state index in [1.807, 2.05) is 7.05 Å². The van der Waals surface area contributed by atoms with Crippen molar-refractivity contribution in [1.29, 1.82) is 0 Å². The second kappa shape index (κ2) is 4.74. The van der Waals surface area contributed by atoms with Gasteiger partial charge in [-0.2, -0.15) is 0 Å². The van der Waals surface area contributed by atoms with Gasteiger partial charge < -0.3 is 10.6 Å². The van der Waals surface area contributed by atoms with Crippen LogP contribution in [0.25, 0.3) is 0 Å². The van der Waals surface area contributed by atoms with Crippen LogP contribution in [0.1, 0.15) is 26.5 Å². The van der Waals surface area contributed by atoms with Crippen LogP contribution < -0.4 is 10.6 Å². The standard InChI is InChI=1S/C11H18N4S/c1-11(2,3)7-15(4)9-6-13-8(5-14-9)10(12)16/h5-6H,7H2,1-4H3,(H2,12,16). The second-order valence-electron chi connectivity index (χ2n) is 5.04. The Bertz CT molecular complexity index is 367. The predicted molar refractivity (Wildman–Crippen MR) is 70.6 cm³/mol. The third kappa shape index (κ3) is 3.73. The summed E-state index contributed by atoms with van der Waals surface area (Å²) in [6.45, 7) is 7.45. The molecule has 0 aliphatic carbocycles. The largest absolute Gasteiger partial charge is 0.388 e. The molecule has 0 aromatic carbocycles. The van der Waals surface area contributed by atoms with Crippen molar-refractivity contribution >= 4 is 23.0 Å². The van der Waals surface area contributed by atoms with Crippen LogP contribution in [-0.4, -0.2) is 28.5 Å². The summed E-state index contributed by atoms with van der Waals surface area (Å²) >= 11 is 4.82. The molecule has 16 heavy (non-hydrogen) atoms. The molecule has 1 rings (SSSR count). The van der Waals surface area contributed by atoms with Gasteiger partial charge in [-0.05, 0) is 5.41 Å². The first-order valence-electron chi connectivity index (χ1n) is 5.12. The Morgan fingerprint density at radius 1 is 1.38 bits per heavy atom. The van der Waals surface area contributed by atoms with E-state index in [1.165, 1.54) is 0 Å². The fourth-order valence-electron chi connectivity index (χ4n) is 1.44. The number of aromatic nitrogens is 2. The summed E-state index contributed by atoms with van der Waals surface area (Å²) < 4.78 is 0. The van der Waals surface area contributed by atoms with Gasteiger partial charge in [-0.25, -0.2) is 9.97 Å². The molecule has 0 radical (unpaired) electrons. The minimum atomic E-state index is 0.221. The van der Waals surface area contributed by atoms with Gasteiger partial charge in [0.2, 0.25) is 0 Å². The zero-order valence-corrected chi connectivity index (χ0v) is 11.0. The number of nitrogens with two attached hydrogens (primary N) is 1. The number of rotatable bonds is 3. The van der Waals surface area contributed by atoms with Crippen molar-refractivity contribution in [2.75, 3.05) is 18.5 Å². The first-order chi connectivity index (χ1) is 7.29. The minimum absolute atomic E-state index is 0.221. The summed E-state index contributed by atoms with van der Waals surface area (Å²) in [7, 11) is 2.00. The molecule has 0 aliphatic heterocycles. The lowest BCUT2D eigenvalue weighted by molar-refractivity contribution is 0.417. The Morgan fingerprint density at radius 3 is 2.38 bits per heavy atom. The van der Waals surface area contributed by atoms with Crippen LogP contribution in [0.5, 0.6) is 0 Å². The van der Waals surface area contributed by atoms with Gasteiger partial charge in [0.05, 0.1) is 12.4 Å².